The van der Waals surface area contributed by atoms with E-state index in [1.54, 1.807) is 64.4 Å². The number of likely N-dealkylation sites (tertiary alicyclic amines) is 1. The molecule has 1 N–H and O–H groups in total. The molecule has 5 aromatic rings. The van der Waals surface area contributed by atoms with Gasteiger partial charge in [-0.1, -0.05) is 30.3 Å². The van der Waals surface area contributed by atoms with Gasteiger partial charge in [0.15, 0.2) is 0 Å². The fourth-order valence-corrected chi connectivity index (χ4v) is 6.77. The minimum atomic E-state index is -0.854. The van der Waals surface area contributed by atoms with Crippen LogP contribution in [0.25, 0.3) is 11.0 Å². The third-order valence-corrected chi connectivity index (χ3v) is 9.51. The minimum absolute atomic E-state index is 0.0692. The third-order valence-electron chi connectivity index (χ3n) is 9.51. The quantitative estimate of drug-likeness (QED) is 0.139. The first-order chi connectivity index (χ1) is 27.4. The summed E-state index contributed by atoms with van der Waals surface area (Å²) in [4.78, 5) is 61.4. The number of methoxy groups -OCH3 is 1. The number of benzene rings is 4. The molecule has 57 heavy (non-hydrogen) atoms. The number of anilines is 1. The molecule has 1 aliphatic rings. The monoisotopic (exact) mass is 770 g/mol. The highest BCUT2D eigenvalue weighted by atomic mass is 16.6. The zero-order valence-corrected chi connectivity index (χ0v) is 32.7. The summed E-state index contributed by atoms with van der Waals surface area (Å²) in [6, 6.07) is 29.1. The van der Waals surface area contributed by atoms with Crippen LogP contribution in [0.3, 0.4) is 0 Å². The fourth-order valence-electron chi connectivity index (χ4n) is 6.77. The number of nitrogens with zero attached hydrogens (tertiary/aromatic N) is 5. The van der Waals surface area contributed by atoms with Gasteiger partial charge in [0.1, 0.15) is 29.3 Å². The number of rotatable bonds is 11. The molecule has 13 heteroatoms. The van der Waals surface area contributed by atoms with E-state index in [-0.39, 0.29) is 30.6 Å². The first-order valence-electron chi connectivity index (χ1n) is 18.9. The number of carbonyl (C=O) groups is 4. The van der Waals surface area contributed by atoms with E-state index in [0.717, 1.165) is 0 Å². The molecule has 13 nitrogen and oxygen atoms in total. The molecule has 0 aliphatic carbocycles. The van der Waals surface area contributed by atoms with Crippen molar-refractivity contribution in [2.45, 2.75) is 64.8 Å². The highest BCUT2D eigenvalue weighted by Crippen LogP contribution is 2.31. The number of likely N-dealkylation sites (N-methyl/N-ethyl adjacent to an activating group) is 1. The van der Waals surface area contributed by atoms with Crippen molar-refractivity contribution >= 4 is 40.6 Å². The first-order valence-corrected chi connectivity index (χ1v) is 18.9. The van der Waals surface area contributed by atoms with Crippen molar-refractivity contribution in [2.24, 2.45) is 0 Å². The van der Waals surface area contributed by atoms with Crippen molar-refractivity contribution in [3.8, 4) is 11.8 Å². The molecular formula is C44H46N6O7. The molecule has 3 amide bonds. The second-order valence-electron chi connectivity index (χ2n) is 14.7. The third kappa shape index (κ3) is 9.41. The molecule has 1 aliphatic heterocycles. The maximum atomic E-state index is 14.6. The molecule has 1 aromatic heterocycles. The highest BCUT2D eigenvalue weighted by molar-refractivity contribution is 6.06. The molecule has 2 heterocycles. The number of piperidine rings is 1. The topological polar surface area (TPSA) is 156 Å². The summed E-state index contributed by atoms with van der Waals surface area (Å²) in [7, 11) is 1.29. The van der Waals surface area contributed by atoms with Gasteiger partial charge in [-0.3, -0.25) is 9.59 Å². The van der Waals surface area contributed by atoms with Crippen LogP contribution in [-0.4, -0.2) is 76.8 Å². The van der Waals surface area contributed by atoms with Crippen LogP contribution in [0.15, 0.2) is 97.1 Å². The standard InChI is InChI=1S/C44H46N6O7/c1-6-46-40(51)39(30-10-8-7-9-11-30)50-37-21-12-29(27-45)26-36(37)47-38(50)28-49(41(52)31-13-15-32(16-14-31)42(53)55-5)33-17-19-34(20-18-33)56-35-22-24-48(25-23-35)43(54)57-44(2,3)4/h7-21,26,35,39H,6,22-25,28H2,1-5H3,(H,46,51)/t39-/m0/s1. The van der Waals surface area contributed by atoms with E-state index in [1.165, 1.54) is 19.2 Å². The first kappa shape index (κ1) is 40.0. The van der Waals surface area contributed by atoms with Crippen LogP contribution in [0.5, 0.6) is 5.75 Å². The Kier molecular flexibility index (Phi) is 12.2. The van der Waals surface area contributed by atoms with Gasteiger partial charge >= 0.3 is 12.1 Å². The molecular weight excluding hydrogens is 725 g/mol. The zero-order chi connectivity index (χ0) is 40.7. The summed E-state index contributed by atoms with van der Waals surface area (Å²) in [5, 5.41) is 12.7. The maximum Gasteiger partial charge on any atom is 0.410 e. The molecule has 1 saturated heterocycles. The Hall–Kier alpha value is -6.68. The van der Waals surface area contributed by atoms with E-state index in [9.17, 15) is 24.4 Å². The molecule has 0 spiro atoms. The number of nitriles is 1. The fraction of sp³-hybridized carbons (Fsp3) is 0.318. The molecule has 0 unspecified atom stereocenters. The number of fused-ring (bicyclic) bond motifs is 1. The Balaban J connectivity index is 1.36. The van der Waals surface area contributed by atoms with Crippen LogP contribution in [-0.2, 0) is 20.8 Å². The summed E-state index contributed by atoms with van der Waals surface area (Å²) in [6.07, 6.45) is 0.800. The van der Waals surface area contributed by atoms with E-state index in [1.807, 2.05) is 62.6 Å². The van der Waals surface area contributed by atoms with Gasteiger partial charge in [0.2, 0.25) is 5.91 Å². The van der Waals surface area contributed by atoms with Gasteiger partial charge in [0, 0.05) is 43.7 Å². The second kappa shape index (κ2) is 17.4. The van der Waals surface area contributed by atoms with Crippen LogP contribution >= 0.6 is 0 Å². The van der Waals surface area contributed by atoms with Gasteiger partial charge in [-0.2, -0.15) is 5.26 Å². The Morgan fingerprint density at radius 3 is 2.21 bits per heavy atom. The minimum Gasteiger partial charge on any atom is -0.490 e. The van der Waals surface area contributed by atoms with Crippen LogP contribution in [0.2, 0.25) is 0 Å². The largest absolute Gasteiger partial charge is 0.490 e. The van der Waals surface area contributed by atoms with Gasteiger partial charge in [0.05, 0.1) is 41.9 Å². The lowest BCUT2D eigenvalue weighted by Gasteiger charge is -2.33. The van der Waals surface area contributed by atoms with Crippen molar-refractivity contribution in [3.05, 3.63) is 125 Å². The predicted molar refractivity (Wildman–Crippen MR) is 214 cm³/mol. The molecule has 294 valence electrons. The Bertz CT molecular complexity index is 2270. The number of amides is 3. The summed E-state index contributed by atoms with van der Waals surface area (Å²) >= 11 is 0. The lowest BCUT2D eigenvalue weighted by molar-refractivity contribution is -0.123. The number of ether oxygens (including phenoxy) is 3. The lowest BCUT2D eigenvalue weighted by Crippen LogP contribution is -2.44. The molecule has 0 saturated carbocycles. The van der Waals surface area contributed by atoms with Crippen LogP contribution in [0, 0.1) is 11.3 Å². The van der Waals surface area contributed by atoms with Crippen molar-refractivity contribution in [1.29, 1.82) is 5.26 Å². The van der Waals surface area contributed by atoms with Crippen molar-refractivity contribution in [2.75, 3.05) is 31.6 Å². The Morgan fingerprint density at radius 2 is 1.60 bits per heavy atom. The Labute approximate surface area is 331 Å². The molecule has 1 atom stereocenters. The van der Waals surface area contributed by atoms with Crippen LogP contribution in [0.4, 0.5) is 10.5 Å². The Morgan fingerprint density at radius 1 is 0.930 bits per heavy atom. The number of esters is 1. The molecule has 6 rings (SSSR count). The molecule has 1 fully saturated rings. The van der Waals surface area contributed by atoms with Crippen molar-refractivity contribution in [1.82, 2.24) is 19.8 Å². The molecule has 0 radical (unpaired) electrons. The van der Waals surface area contributed by atoms with Gasteiger partial charge in [-0.25, -0.2) is 14.6 Å². The molecule has 4 aromatic carbocycles. The SMILES string of the molecule is CCNC(=O)[C@H](c1ccccc1)n1c(CN(C(=O)c2ccc(C(=O)OC)cc2)c2ccc(OC3CCN(C(=O)OC(C)(C)C)CC3)cc2)nc2cc(C#N)ccc21. The van der Waals surface area contributed by atoms with E-state index in [0.29, 0.717) is 83.0 Å². The number of hydrogen-bond donors (Lipinski definition) is 1. The number of nitrogens with one attached hydrogen (secondary N) is 1. The van der Waals surface area contributed by atoms with Gasteiger partial charge < -0.3 is 33.9 Å². The normalized spacial score (nSPS) is 13.6. The smallest absolute Gasteiger partial charge is 0.410 e. The molecule has 0 bridgehead atoms. The number of hydrogen-bond acceptors (Lipinski definition) is 9. The van der Waals surface area contributed by atoms with E-state index < -0.39 is 17.6 Å². The average molecular weight is 771 g/mol. The predicted octanol–water partition coefficient (Wildman–Crippen LogP) is 7.05. The van der Waals surface area contributed by atoms with Crippen LogP contribution < -0.4 is 15.0 Å². The second-order valence-corrected chi connectivity index (χ2v) is 14.7. The zero-order valence-electron chi connectivity index (χ0n) is 32.7. The summed E-state index contributed by atoms with van der Waals surface area (Å²) < 4.78 is 18.5. The number of imidazole rings is 1. The van der Waals surface area contributed by atoms with Crippen molar-refractivity contribution < 1.29 is 33.4 Å². The van der Waals surface area contributed by atoms with E-state index in [4.69, 9.17) is 19.2 Å². The number of carbonyl (C=O) groups excluding carboxylic acids is 4. The van der Waals surface area contributed by atoms with Crippen LogP contribution in [0.1, 0.15) is 84.2 Å². The summed E-state index contributed by atoms with van der Waals surface area (Å²) in [5.41, 5.74) is 2.76. The summed E-state index contributed by atoms with van der Waals surface area (Å²) in [6.45, 7) is 8.71. The van der Waals surface area contributed by atoms with E-state index >= 15 is 0 Å². The van der Waals surface area contributed by atoms with Gasteiger partial charge in [-0.05, 0) is 100.0 Å². The van der Waals surface area contributed by atoms with E-state index in [2.05, 4.69) is 11.4 Å². The average Bonchev–Trinajstić information content (AvgIpc) is 3.56. The number of aromatic nitrogens is 2. The van der Waals surface area contributed by atoms with Gasteiger partial charge in [-0.15, -0.1) is 0 Å². The summed E-state index contributed by atoms with van der Waals surface area (Å²) in [5.74, 6) is -0.180. The highest BCUT2D eigenvalue weighted by Gasteiger charge is 2.31. The maximum absolute atomic E-state index is 14.6. The van der Waals surface area contributed by atoms with Gasteiger partial charge in [0.25, 0.3) is 5.91 Å². The lowest BCUT2D eigenvalue weighted by atomic mass is 10.0. The van der Waals surface area contributed by atoms with Crippen molar-refractivity contribution in [3.63, 3.8) is 0 Å².